The van der Waals surface area contributed by atoms with Gasteiger partial charge in [0, 0.05) is 25.2 Å². The van der Waals surface area contributed by atoms with Crippen molar-refractivity contribution < 1.29 is 4.79 Å². The molecule has 1 aromatic rings. The standard InChI is InChI=1S/C12H18N4OS/c1-8(2)16(6-5-10(13)18)11-4-3-9(7-15-11)12(14)17/h3-4,7-8H,5-6H2,1-2H3,(H2,13,18)(H2,14,17). The third kappa shape index (κ3) is 3.96. The number of amides is 1. The first kappa shape index (κ1) is 14.4. The van der Waals surface area contributed by atoms with Crippen LogP contribution in [-0.2, 0) is 0 Å². The molecule has 0 bridgehead atoms. The third-order valence-corrected chi connectivity index (χ3v) is 2.75. The summed E-state index contributed by atoms with van der Waals surface area (Å²) in [7, 11) is 0. The average molecular weight is 266 g/mol. The molecule has 5 nitrogen and oxygen atoms in total. The van der Waals surface area contributed by atoms with E-state index in [9.17, 15) is 4.79 Å². The van der Waals surface area contributed by atoms with Gasteiger partial charge in [0.2, 0.25) is 5.91 Å². The molecular weight excluding hydrogens is 248 g/mol. The Kier molecular flexibility index (Phi) is 5.03. The van der Waals surface area contributed by atoms with E-state index in [1.54, 1.807) is 12.1 Å². The van der Waals surface area contributed by atoms with E-state index < -0.39 is 5.91 Å². The highest BCUT2D eigenvalue weighted by atomic mass is 32.1. The second-order valence-corrected chi connectivity index (χ2v) is 4.80. The van der Waals surface area contributed by atoms with Gasteiger partial charge in [-0.05, 0) is 26.0 Å². The zero-order valence-corrected chi connectivity index (χ0v) is 11.4. The maximum Gasteiger partial charge on any atom is 0.250 e. The fourth-order valence-electron chi connectivity index (χ4n) is 1.57. The monoisotopic (exact) mass is 266 g/mol. The molecule has 0 atom stereocenters. The normalized spacial score (nSPS) is 10.4. The van der Waals surface area contributed by atoms with Crippen LogP contribution >= 0.6 is 12.2 Å². The molecule has 0 unspecified atom stereocenters. The maximum absolute atomic E-state index is 11.0. The third-order valence-electron chi connectivity index (χ3n) is 2.55. The molecule has 0 aromatic carbocycles. The number of rotatable bonds is 6. The molecule has 0 fully saturated rings. The zero-order chi connectivity index (χ0) is 13.7. The lowest BCUT2D eigenvalue weighted by Gasteiger charge is -2.27. The highest BCUT2D eigenvalue weighted by Gasteiger charge is 2.12. The minimum Gasteiger partial charge on any atom is -0.393 e. The summed E-state index contributed by atoms with van der Waals surface area (Å²) in [4.78, 5) is 17.8. The second kappa shape index (κ2) is 6.30. The molecule has 0 aliphatic carbocycles. The number of carbonyl (C=O) groups is 1. The predicted molar refractivity (Wildman–Crippen MR) is 76.6 cm³/mol. The van der Waals surface area contributed by atoms with Crippen LogP contribution in [0.4, 0.5) is 5.82 Å². The Balaban J connectivity index is 2.85. The first-order valence-electron chi connectivity index (χ1n) is 5.72. The first-order chi connectivity index (χ1) is 8.41. The van der Waals surface area contributed by atoms with Gasteiger partial charge in [0.05, 0.1) is 10.6 Å². The Morgan fingerprint density at radius 1 is 1.44 bits per heavy atom. The van der Waals surface area contributed by atoms with E-state index in [0.29, 0.717) is 23.5 Å². The fraction of sp³-hybridized carbons (Fsp3) is 0.417. The van der Waals surface area contributed by atoms with E-state index in [0.717, 1.165) is 5.82 Å². The lowest BCUT2D eigenvalue weighted by Crippen LogP contribution is -2.34. The molecule has 6 heteroatoms. The Hall–Kier alpha value is -1.69. The summed E-state index contributed by atoms with van der Waals surface area (Å²) in [6, 6.07) is 3.71. The highest BCUT2D eigenvalue weighted by Crippen LogP contribution is 2.14. The zero-order valence-electron chi connectivity index (χ0n) is 10.6. The van der Waals surface area contributed by atoms with Crippen LogP contribution in [0.15, 0.2) is 18.3 Å². The van der Waals surface area contributed by atoms with E-state index in [1.165, 1.54) is 6.20 Å². The molecule has 1 aromatic heterocycles. The summed E-state index contributed by atoms with van der Waals surface area (Å²) in [5.41, 5.74) is 11.1. The first-order valence-corrected chi connectivity index (χ1v) is 6.13. The van der Waals surface area contributed by atoms with Gasteiger partial charge < -0.3 is 16.4 Å². The van der Waals surface area contributed by atoms with Crippen molar-refractivity contribution >= 4 is 28.9 Å². The minimum absolute atomic E-state index is 0.270. The lowest BCUT2D eigenvalue weighted by molar-refractivity contribution is 0.1000. The van der Waals surface area contributed by atoms with Gasteiger partial charge in [-0.3, -0.25) is 4.79 Å². The number of primary amides is 1. The highest BCUT2D eigenvalue weighted by molar-refractivity contribution is 7.80. The van der Waals surface area contributed by atoms with Gasteiger partial charge >= 0.3 is 0 Å². The van der Waals surface area contributed by atoms with Gasteiger partial charge in [-0.1, -0.05) is 12.2 Å². The summed E-state index contributed by atoms with van der Waals surface area (Å²) in [6.07, 6.45) is 2.11. The van der Waals surface area contributed by atoms with Crippen molar-refractivity contribution in [1.82, 2.24) is 4.98 Å². The number of aromatic nitrogens is 1. The van der Waals surface area contributed by atoms with Gasteiger partial charge in [-0.25, -0.2) is 4.98 Å². The molecule has 1 amide bonds. The minimum atomic E-state index is -0.478. The van der Waals surface area contributed by atoms with Gasteiger partial charge in [0.25, 0.3) is 0 Å². The molecule has 0 radical (unpaired) electrons. The topological polar surface area (TPSA) is 85.2 Å². The van der Waals surface area contributed by atoms with E-state index in [2.05, 4.69) is 23.7 Å². The van der Waals surface area contributed by atoms with Gasteiger partial charge in [0.1, 0.15) is 5.82 Å². The largest absolute Gasteiger partial charge is 0.393 e. The number of thiocarbonyl (C=S) groups is 1. The lowest BCUT2D eigenvalue weighted by atomic mass is 10.2. The van der Waals surface area contributed by atoms with Gasteiger partial charge in [0.15, 0.2) is 0 Å². The molecular formula is C12H18N4OS. The van der Waals surface area contributed by atoms with Crippen molar-refractivity contribution in [2.75, 3.05) is 11.4 Å². The molecule has 18 heavy (non-hydrogen) atoms. The Morgan fingerprint density at radius 3 is 2.50 bits per heavy atom. The van der Waals surface area contributed by atoms with E-state index in [1.807, 2.05) is 0 Å². The molecule has 0 saturated heterocycles. The summed E-state index contributed by atoms with van der Waals surface area (Å²) in [5.74, 6) is 0.305. The number of carbonyl (C=O) groups excluding carboxylic acids is 1. The summed E-state index contributed by atoms with van der Waals surface area (Å²) >= 11 is 4.87. The molecule has 1 heterocycles. The van der Waals surface area contributed by atoms with Crippen LogP contribution in [0, 0.1) is 0 Å². The van der Waals surface area contributed by atoms with Crippen molar-refractivity contribution in [2.45, 2.75) is 26.3 Å². The number of anilines is 1. The second-order valence-electron chi connectivity index (χ2n) is 4.27. The maximum atomic E-state index is 11.0. The number of nitrogens with zero attached hydrogens (tertiary/aromatic N) is 2. The van der Waals surface area contributed by atoms with Crippen LogP contribution in [0.1, 0.15) is 30.6 Å². The Bertz CT molecular complexity index is 430. The number of hydrogen-bond acceptors (Lipinski definition) is 4. The molecule has 0 aliphatic heterocycles. The molecule has 1 rings (SSSR count). The quantitative estimate of drug-likeness (QED) is 0.752. The fourth-order valence-corrected chi connectivity index (χ4v) is 1.66. The Morgan fingerprint density at radius 2 is 2.11 bits per heavy atom. The smallest absolute Gasteiger partial charge is 0.250 e. The SMILES string of the molecule is CC(C)N(CCC(N)=S)c1ccc(C(N)=O)cn1. The number of nitrogens with two attached hydrogens (primary N) is 2. The molecule has 0 aliphatic rings. The van der Waals surface area contributed by atoms with Crippen LogP contribution in [-0.4, -0.2) is 28.5 Å². The van der Waals surface area contributed by atoms with E-state index >= 15 is 0 Å². The van der Waals surface area contributed by atoms with Crippen LogP contribution < -0.4 is 16.4 Å². The summed E-state index contributed by atoms with van der Waals surface area (Å²) < 4.78 is 0. The number of hydrogen-bond donors (Lipinski definition) is 2. The van der Waals surface area contributed by atoms with Crippen LogP contribution in [0.3, 0.4) is 0 Å². The number of pyridine rings is 1. The average Bonchev–Trinajstić information content (AvgIpc) is 2.29. The van der Waals surface area contributed by atoms with Gasteiger partial charge in [-0.15, -0.1) is 0 Å². The van der Waals surface area contributed by atoms with Gasteiger partial charge in [-0.2, -0.15) is 0 Å². The van der Waals surface area contributed by atoms with E-state index in [-0.39, 0.29) is 6.04 Å². The van der Waals surface area contributed by atoms with Crippen molar-refractivity contribution in [1.29, 1.82) is 0 Å². The predicted octanol–water partition coefficient (Wildman–Crippen LogP) is 1.07. The van der Waals surface area contributed by atoms with Crippen LogP contribution in [0.5, 0.6) is 0 Å². The van der Waals surface area contributed by atoms with E-state index in [4.69, 9.17) is 23.7 Å². The molecule has 0 spiro atoms. The van der Waals surface area contributed by atoms with Crippen molar-refractivity contribution in [3.8, 4) is 0 Å². The van der Waals surface area contributed by atoms with Crippen LogP contribution in [0.25, 0.3) is 0 Å². The summed E-state index contributed by atoms with van der Waals surface area (Å²) in [5, 5.41) is 0. The Labute approximate surface area is 112 Å². The van der Waals surface area contributed by atoms with Crippen molar-refractivity contribution in [3.63, 3.8) is 0 Å². The molecule has 98 valence electrons. The van der Waals surface area contributed by atoms with Crippen LogP contribution in [0.2, 0.25) is 0 Å². The van der Waals surface area contributed by atoms with Crippen molar-refractivity contribution in [3.05, 3.63) is 23.9 Å². The summed E-state index contributed by atoms with van der Waals surface area (Å²) in [6.45, 7) is 4.82. The molecule has 0 saturated carbocycles. The molecule has 4 N–H and O–H groups in total. The van der Waals surface area contributed by atoms with Crippen molar-refractivity contribution in [2.24, 2.45) is 11.5 Å².